The fourth-order valence-corrected chi connectivity index (χ4v) is 0.491. The van der Waals surface area contributed by atoms with Crippen molar-refractivity contribution < 1.29 is 5.11 Å². The smallest absolute Gasteiger partial charge is 0.211 e. The van der Waals surface area contributed by atoms with Crippen molar-refractivity contribution in [3.05, 3.63) is 11.9 Å². The van der Waals surface area contributed by atoms with Gasteiger partial charge in [-0.1, -0.05) is 0 Å². The van der Waals surface area contributed by atoms with Gasteiger partial charge in [-0.2, -0.15) is 0 Å². The van der Waals surface area contributed by atoms with Crippen molar-refractivity contribution in [2.45, 2.75) is 0 Å². The van der Waals surface area contributed by atoms with Gasteiger partial charge in [-0.25, -0.2) is 10.8 Å². The normalized spacial score (nSPS) is 19.0. The highest BCUT2D eigenvalue weighted by molar-refractivity contribution is 5.86. The van der Waals surface area contributed by atoms with Crippen molar-refractivity contribution in [3.8, 4) is 0 Å². The Kier molecular flexibility index (Phi) is 1.27. The minimum atomic E-state index is -0.0748. The number of nitrogens with zero attached hydrogens (tertiary/aromatic N) is 2. The standard InChI is InChI=1S/C4H8N4O/c5-3-1-4(9)7-2-8(3)6/h1H,2,5-6H2,(H,7,9). The first kappa shape index (κ1) is 5.90. The molecular formula is C4H8N4O. The largest absolute Gasteiger partial charge is 0.493 e. The molecule has 0 atom stereocenters. The average molecular weight is 128 g/mol. The SMILES string of the molecule is NC1=CC(O)=NCN1N. The molecule has 1 rings (SSSR count). The molecule has 0 fully saturated rings. The Bertz CT molecular complexity index is 173. The van der Waals surface area contributed by atoms with Gasteiger partial charge in [0, 0.05) is 6.08 Å². The molecule has 0 amide bonds. The van der Waals surface area contributed by atoms with Crippen molar-refractivity contribution in [1.29, 1.82) is 0 Å². The van der Waals surface area contributed by atoms with E-state index < -0.39 is 0 Å². The monoisotopic (exact) mass is 128 g/mol. The van der Waals surface area contributed by atoms with Crippen LogP contribution < -0.4 is 11.6 Å². The summed E-state index contributed by atoms with van der Waals surface area (Å²) >= 11 is 0. The van der Waals surface area contributed by atoms with Gasteiger partial charge in [0.05, 0.1) is 0 Å². The second-order valence-electron chi connectivity index (χ2n) is 1.70. The van der Waals surface area contributed by atoms with Crippen LogP contribution in [0.5, 0.6) is 0 Å². The second kappa shape index (κ2) is 1.94. The summed E-state index contributed by atoms with van der Waals surface area (Å²) in [5, 5.41) is 9.94. The molecular weight excluding hydrogens is 120 g/mol. The van der Waals surface area contributed by atoms with E-state index in [1.165, 1.54) is 11.1 Å². The highest BCUT2D eigenvalue weighted by atomic mass is 16.3. The van der Waals surface area contributed by atoms with Crippen LogP contribution in [0.2, 0.25) is 0 Å². The molecule has 0 aliphatic carbocycles. The van der Waals surface area contributed by atoms with E-state index in [1.54, 1.807) is 0 Å². The van der Waals surface area contributed by atoms with E-state index in [0.29, 0.717) is 5.82 Å². The lowest BCUT2D eigenvalue weighted by Crippen LogP contribution is -2.37. The van der Waals surface area contributed by atoms with Crippen LogP contribution in [0.1, 0.15) is 0 Å². The summed E-state index contributed by atoms with van der Waals surface area (Å²) in [4.78, 5) is 3.58. The van der Waals surface area contributed by atoms with E-state index >= 15 is 0 Å². The molecule has 1 aliphatic rings. The summed E-state index contributed by atoms with van der Waals surface area (Å²) in [5.41, 5.74) is 5.29. The fraction of sp³-hybridized carbons (Fsp3) is 0.250. The summed E-state index contributed by atoms with van der Waals surface area (Å²) in [6.07, 6.45) is 1.30. The molecule has 9 heavy (non-hydrogen) atoms. The molecule has 1 heterocycles. The molecule has 0 bridgehead atoms. The summed E-state index contributed by atoms with van der Waals surface area (Å²) in [7, 11) is 0. The van der Waals surface area contributed by atoms with Gasteiger partial charge >= 0.3 is 0 Å². The van der Waals surface area contributed by atoms with E-state index in [2.05, 4.69) is 4.99 Å². The minimum Gasteiger partial charge on any atom is -0.493 e. The first-order chi connectivity index (χ1) is 4.20. The van der Waals surface area contributed by atoms with Crippen molar-refractivity contribution in [1.82, 2.24) is 5.01 Å². The van der Waals surface area contributed by atoms with Crippen molar-refractivity contribution >= 4 is 5.90 Å². The van der Waals surface area contributed by atoms with Gasteiger partial charge in [0.15, 0.2) is 0 Å². The van der Waals surface area contributed by atoms with Crippen molar-refractivity contribution in [3.63, 3.8) is 0 Å². The first-order valence-electron chi connectivity index (χ1n) is 2.43. The number of rotatable bonds is 0. The van der Waals surface area contributed by atoms with Crippen LogP contribution >= 0.6 is 0 Å². The predicted octanol–water partition coefficient (Wildman–Crippen LogP) is -1.11. The summed E-state index contributed by atoms with van der Waals surface area (Å²) in [6.45, 7) is 0.216. The molecule has 50 valence electrons. The van der Waals surface area contributed by atoms with Crippen LogP contribution in [0.4, 0.5) is 0 Å². The summed E-state index contributed by atoms with van der Waals surface area (Å²) in [5.74, 6) is 5.51. The van der Waals surface area contributed by atoms with E-state index in [9.17, 15) is 0 Å². The molecule has 0 aromatic carbocycles. The Balaban J connectivity index is 2.74. The molecule has 0 aromatic rings. The Morgan fingerprint density at radius 3 is 2.89 bits per heavy atom. The summed E-state index contributed by atoms with van der Waals surface area (Å²) < 4.78 is 0. The van der Waals surface area contributed by atoms with E-state index in [4.69, 9.17) is 16.7 Å². The van der Waals surface area contributed by atoms with E-state index in [0.717, 1.165) is 0 Å². The molecule has 1 aliphatic heterocycles. The molecule has 0 saturated heterocycles. The van der Waals surface area contributed by atoms with Gasteiger partial charge in [0.2, 0.25) is 5.90 Å². The number of aliphatic hydroxyl groups is 1. The van der Waals surface area contributed by atoms with E-state index in [1.807, 2.05) is 0 Å². The molecule has 0 aromatic heterocycles. The zero-order valence-electron chi connectivity index (χ0n) is 4.78. The molecule has 0 saturated carbocycles. The number of hydrogen-bond acceptors (Lipinski definition) is 4. The minimum absolute atomic E-state index is 0.0748. The number of nitrogens with two attached hydrogens (primary N) is 2. The molecule has 5 nitrogen and oxygen atoms in total. The van der Waals surface area contributed by atoms with Crippen LogP contribution in [0, 0.1) is 0 Å². The van der Waals surface area contributed by atoms with Crippen LogP contribution in [0.25, 0.3) is 0 Å². The Morgan fingerprint density at radius 2 is 2.44 bits per heavy atom. The lowest BCUT2D eigenvalue weighted by Gasteiger charge is -2.18. The highest BCUT2D eigenvalue weighted by Gasteiger charge is 2.05. The van der Waals surface area contributed by atoms with Gasteiger partial charge in [-0.05, 0) is 0 Å². The number of aliphatic hydroxyl groups excluding tert-OH is 1. The number of hydrogen-bond donors (Lipinski definition) is 3. The third-order valence-electron chi connectivity index (χ3n) is 0.994. The van der Waals surface area contributed by atoms with Crippen molar-refractivity contribution in [2.24, 2.45) is 16.6 Å². The Hall–Kier alpha value is -1.23. The Labute approximate surface area is 52.2 Å². The lowest BCUT2D eigenvalue weighted by atomic mass is 10.5. The second-order valence-corrected chi connectivity index (χ2v) is 1.70. The van der Waals surface area contributed by atoms with Crippen LogP contribution in [0.15, 0.2) is 16.9 Å². The topological polar surface area (TPSA) is 87.9 Å². The number of aliphatic imine (C=N–C) groups is 1. The lowest BCUT2D eigenvalue weighted by molar-refractivity contribution is 0.354. The summed E-state index contributed by atoms with van der Waals surface area (Å²) in [6, 6.07) is 0. The van der Waals surface area contributed by atoms with Crippen molar-refractivity contribution in [2.75, 3.05) is 6.67 Å². The van der Waals surface area contributed by atoms with Gasteiger partial charge in [0.25, 0.3) is 0 Å². The van der Waals surface area contributed by atoms with Gasteiger partial charge < -0.3 is 10.8 Å². The third kappa shape index (κ3) is 1.11. The quantitative estimate of drug-likeness (QED) is 0.361. The maximum absolute atomic E-state index is 8.71. The predicted molar refractivity (Wildman–Crippen MR) is 33.2 cm³/mol. The molecule has 0 radical (unpaired) electrons. The zero-order chi connectivity index (χ0) is 6.85. The maximum atomic E-state index is 8.71. The fourth-order valence-electron chi connectivity index (χ4n) is 0.491. The molecule has 0 spiro atoms. The van der Waals surface area contributed by atoms with Gasteiger partial charge in [-0.15, -0.1) is 0 Å². The first-order valence-corrected chi connectivity index (χ1v) is 2.43. The van der Waals surface area contributed by atoms with Crippen LogP contribution in [-0.4, -0.2) is 22.7 Å². The van der Waals surface area contributed by atoms with Crippen LogP contribution in [-0.2, 0) is 0 Å². The van der Waals surface area contributed by atoms with Gasteiger partial charge in [-0.3, -0.25) is 5.01 Å². The third-order valence-corrected chi connectivity index (χ3v) is 0.994. The molecule has 5 N–H and O–H groups in total. The average Bonchev–Trinajstić information content (AvgIpc) is 1.80. The zero-order valence-corrected chi connectivity index (χ0v) is 4.78. The molecule has 0 unspecified atom stereocenters. The van der Waals surface area contributed by atoms with E-state index in [-0.39, 0.29) is 12.6 Å². The maximum Gasteiger partial charge on any atom is 0.211 e. The Morgan fingerprint density at radius 1 is 1.78 bits per heavy atom. The molecule has 5 heteroatoms. The highest BCUT2D eigenvalue weighted by Crippen LogP contribution is 1.96. The van der Waals surface area contributed by atoms with Gasteiger partial charge in [0.1, 0.15) is 12.5 Å². The van der Waals surface area contributed by atoms with Crippen LogP contribution in [0.3, 0.4) is 0 Å². The number of hydrazine groups is 1.